The summed E-state index contributed by atoms with van der Waals surface area (Å²) in [6.07, 6.45) is 42.0. The molecule has 0 unspecified atom stereocenters. The summed E-state index contributed by atoms with van der Waals surface area (Å²) in [5.41, 5.74) is 0. The summed E-state index contributed by atoms with van der Waals surface area (Å²) in [6.45, 7) is 4.66. The molecule has 44 heavy (non-hydrogen) atoms. The molecule has 0 radical (unpaired) electrons. The van der Waals surface area contributed by atoms with Gasteiger partial charge in [-0.2, -0.15) is 0 Å². The lowest BCUT2D eigenvalue weighted by atomic mass is 10.1. The van der Waals surface area contributed by atoms with Gasteiger partial charge in [0.25, 0.3) is 0 Å². The van der Waals surface area contributed by atoms with Crippen molar-refractivity contribution in [2.45, 2.75) is 200 Å². The predicted molar refractivity (Wildman–Crippen MR) is 194 cm³/mol. The van der Waals surface area contributed by atoms with E-state index in [2.05, 4.69) is 54.1 Å². The van der Waals surface area contributed by atoms with Crippen LogP contribution in [0.5, 0.6) is 0 Å². The second-order valence-electron chi connectivity index (χ2n) is 12.6. The van der Waals surface area contributed by atoms with Gasteiger partial charge < -0.3 is 9.47 Å². The van der Waals surface area contributed by atoms with Crippen molar-refractivity contribution >= 4 is 27.9 Å². The number of esters is 2. The van der Waals surface area contributed by atoms with Crippen LogP contribution >= 0.6 is 15.9 Å². The first-order valence-electron chi connectivity index (χ1n) is 18.8. The molecule has 0 aliphatic rings. The second kappa shape index (κ2) is 36.4. The Balaban J connectivity index is 3.58. The van der Waals surface area contributed by atoms with Crippen LogP contribution in [0.1, 0.15) is 194 Å². The van der Waals surface area contributed by atoms with Crippen LogP contribution in [0.2, 0.25) is 0 Å². The fourth-order valence-electron chi connectivity index (χ4n) is 5.29. The van der Waals surface area contributed by atoms with E-state index in [9.17, 15) is 9.59 Å². The molecule has 0 fully saturated rings. The smallest absolute Gasteiger partial charge is 0.306 e. The third kappa shape index (κ3) is 33.8. The van der Waals surface area contributed by atoms with Crippen molar-refractivity contribution in [3.05, 3.63) is 24.3 Å². The number of rotatable bonds is 34. The van der Waals surface area contributed by atoms with Crippen LogP contribution in [0.15, 0.2) is 24.3 Å². The lowest BCUT2D eigenvalue weighted by molar-refractivity contribution is -0.157. The molecule has 0 rings (SSSR count). The van der Waals surface area contributed by atoms with Crippen LogP contribution in [-0.4, -0.2) is 30.0 Å². The minimum atomic E-state index is -0.413. The Kier molecular flexibility index (Phi) is 35.5. The van der Waals surface area contributed by atoms with E-state index in [-0.39, 0.29) is 18.5 Å². The standard InChI is InChI=1S/C39H71BrO4/c1-3-5-7-9-11-13-15-17-19-21-23-25-27-29-31-33-38(41)43-36-37(35-40)44-39(42)34-32-30-28-26-24-22-20-18-16-14-12-10-8-6-4-2/h17-20,37H,3-16,21-36H2,1-2H3/b19-17-,20-18-/t37-/m0/s1. The monoisotopic (exact) mass is 682 g/mol. The van der Waals surface area contributed by atoms with Crippen LogP contribution in [0.4, 0.5) is 0 Å². The highest BCUT2D eigenvalue weighted by Gasteiger charge is 2.15. The summed E-state index contributed by atoms with van der Waals surface area (Å²) in [5.74, 6) is -0.387. The summed E-state index contributed by atoms with van der Waals surface area (Å²) in [7, 11) is 0. The number of hydrogen-bond acceptors (Lipinski definition) is 4. The third-order valence-electron chi connectivity index (χ3n) is 8.19. The molecule has 0 bridgehead atoms. The predicted octanol–water partition coefficient (Wildman–Crippen LogP) is 12.9. The van der Waals surface area contributed by atoms with Crippen LogP contribution in [0.3, 0.4) is 0 Å². The molecule has 0 saturated carbocycles. The van der Waals surface area contributed by atoms with Gasteiger partial charge in [-0.25, -0.2) is 0 Å². The maximum atomic E-state index is 12.2. The molecule has 0 aliphatic heterocycles. The van der Waals surface area contributed by atoms with E-state index in [1.165, 1.54) is 128 Å². The van der Waals surface area contributed by atoms with Crippen molar-refractivity contribution in [3.8, 4) is 0 Å². The van der Waals surface area contributed by atoms with E-state index in [0.29, 0.717) is 18.2 Å². The Bertz CT molecular complexity index is 675. The van der Waals surface area contributed by atoms with Crippen LogP contribution in [-0.2, 0) is 19.1 Å². The average molecular weight is 684 g/mol. The number of alkyl halides is 1. The van der Waals surface area contributed by atoms with Crippen molar-refractivity contribution in [3.63, 3.8) is 0 Å². The molecular formula is C39H71BrO4. The highest BCUT2D eigenvalue weighted by atomic mass is 79.9. The van der Waals surface area contributed by atoms with Gasteiger partial charge in [-0.15, -0.1) is 0 Å². The number of carbonyl (C=O) groups is 2. The number of hydrogen-bond donors (Lipinski definition) is 0. The largest absolute Gasteiger partial charge is 0.462 e. The van der Waals surface area contributed by atoms with Crippen LogP contribution < -0.4 is 0 Å². The summed E-state index contributed by atoms with van der Waals surface area (Å²) >= 11 is 3.39. The van der Waals surface area contributed by atoms with E-state index in [4.69, 9.17) is 9.47 Å². The van der Waals surface area contributed by atoms with Crippen molar-refractivity contribution in [1.29, 1.82) is 0 Å². The van der Waals surface area contributed by atoms with Gasteiger partial charge in [0.15, 0.2) is 0 Å². The Morgan fingerprint density at radius 2 is 0.841 bits per heavy atom. The number of unbranched alkanes of at least 4 members (excludes halogenated alkanes) is 22. The maximum Gasteiger partial charge on any atom is 0.306 e. The number of halogens is 1. The quantitative estimate of drug-likeness (QED) is 0.0293. The van der Waals surface area contributed by atoms with Gasteiger partial charge in [0.1, 0.15) is 12.7 Å². The van der Waals surface area contributed by atoms with Gasteiger partial charge >= 0.3 is 11.9 Å². The number of ether oxygens (including phenoxy) is 2. The van der Waals surface area contributed by atoms with Gasteiger partial charge in [0, 0.05) is 18.2 Å². The molecule has 0 heterocycles. The molecule has 4 nitrogen and oxygen atoms in total. The van der Waals surface area contributed by atoms with Crippen LogP contribution in [0, 0.1) is 0 Å². The van der Waals surface area contributed by atoms with E-state index in [1.54, 1.807) is 0 Å². The highest BCUT2D eigenvalue weighted by molar-refractivity contribution is 9.09. The molecule has 0 aromatic rings. The van der Waals surface area contributed by atoms with Gasteiger partial charge in [-0.3, -0.25) is 9.59 Å². The summed E-state index contributed by atoms with van der Waals surface area (Å²) in [6, 6.07) is 0. The summed E-state index contributed by atoms with van der Waals surface area (Å²) in [4.78, 5) is 24.3. The molecule has 0 aromatic heterocycles. The molecule has 0 spiro atoms. The Hall–Kier alpha value is -1.10. The molecule has 1 atom stereocenters. The zero-order chi connectivity index (χ0) is 32.2. The van der Waals surface area contributed by atoms with E-state index in [1.807, 2.05) is 0 Å². The molecule has 0 aliphatic carbocycles. The Labute approximate surface area is 282 Å². The topological polar surface area (TPSA) is 52.6 Å². The second-order valence-corrected chi connectivity index (χ2v) is 13.3. The van der Waals surface area contributed by atoms with E-state index < -0.39 is 6.10 Å². The van der Waals surface area contributed by atoms with E-state index >= 15 is 0 Å². The molecule has 0 aromatic carbocycles. The molecule has 5 heteroatoms. The fourth-order valence-corrected chi connectivity index (χ4v) is 5.61. The number of allylic oxidation sites excluding steroid dienone is 4. The van der Waals surface area contributed by atoms with Crippen molar-refractivity contribution in [1.82, 2.24) is 0 Å². The number of carbonyl (C=O) groups excluding carboxylic acids is 2. The lowest BCUT2D eigenvalue weighted by Crippen LogP contribution is -2.26. The van der Waals surface area contributed by atoms with Crippen molar-refractivity contribution in [2.75, 3.05) is 11.9 Å². The molecular weight excluding hydrogens is 612 g/mol. The van der Waals surface area contributed by atoms with Crippen LogP contribution in [0.25, 0.3) is 0 Å². The third-order valence-corrected chi connectivity index (χ3v) is 8.91. The van der Waals surface area contributed by atoms with Gasteiger partial charge in [-0.05, 0) is 64.2 Å². The first-order valence-corrected chi connectivity index (χ1v) is 20.0. The average Bonchev–Trinajstić information content (AvgIpc) is 3.02. The zero-order valence-corrected chi connectivity index (χ0v) is 30.7. The van der Waals surface area contributed by atoms with Gasteiger partial charge in [0.05, 0.1) is 0 Å². The molecule has 0 N–H and O–H groups in total. The maximum absolute atomic E-state index is 12.2. The minimum absolute atomic E-state index is 0.132. The van der Waals surface area contributed by atoms with Gasteiger partial charge in [0.2, 0.25) is 0 Å². The minimum Gasteiger partial charge on any atom is -0.462 e. The molecule has 0 amide bonds. The van der Waals surface area contributed by atoms with E-state index in [0.717, 1.165) is 38.5 Å². The normalized spacial score (nSPS) is 12.3. The summed E-state index contributed by atoms with van der Waals surface area (Å²) < 4.78 is 10.9. The SMILES string of the molecule is CCCCCCCC/C=C\CCCCCCCC(=O)OC[C@H](CBr)OC(=O)CCCCCCC/C=C\CCCCCCCC. The lowest BCUT2D eigenvalue weighted by Gasteiger charge is -2.15. The van der Waals surface area contributed by atoms with Crippen molar-refractivity contribution in [2.24, 2.45) is 0 Å². The first-order chi connectivity index (χ1) is 21.6. The Morgan fingerprint density at radius 3 is 1.23 bits per heavy atom. The molecule has 0 saturated heterocycles. The van der Waals surface area contributed by atoms with Gasteiger partial charge in [-0.1, -0.05) is 157 Å². The fraction of sp³-hybridized carbons (Fsp3) is 0.846. The first kappa shape index (κ1) is 42.9. The summed E-state index contributed by atoms with van der Waals surface area (Å²) in [5, 5.41) is 0.478. The highest BCUT2D eigenvalue weighted by Crippen LogP contribution is 2.13. The van der Waals surface area contributed by atoms with Crippen molar-refractivity contribution < 1.29 is 19.1 Å². The zero-order valence-electron chi connectivity index (χ0n) is 29.1. The Morgan fingerprint density at radius 1 is 0.500 bits per heavy atom. The molecule has 258 valence electrons.